The third-order valence-corrected chi connectivity index (χ3v) is 4.93. The van der Waals surface area contributed by atoms with Crippen LogP contribution in [0.5, 0.6) is 5.75 Å². The molecule has 10 nitrogen and oxygen atoms in total. The fourth-order valence-corrected chi connectivity index (χ4v) is 3.25. The van der Waals surface area contributed by atoms with Gasteiger partial charge in [0.2, 0.25) is 11.7 Å². The molecule has 1 aromatic carbocycles. The second-order valence-electron chi connectivity index (χ2n) is 6.85. The van der Waals surface area contributed by atoms with E-state index in [9.17, 15) is 4.79 Å². The Balaban J connectivity index is 1.24. The monoisotopic (exact) mass is 403 g/mol. The van der Waals surface area contributed by atoms with Crippen molar-refractivity contribution in [1.82, 2.24) is 35.2 Å². The number of carbonyl (C=O) groups excluding carboxylic acids is 1. The summed E-state index contributed by atoms with van der Waals surface area (Å²) < 4.78 is 10.6. The average Bonchev–Trinajstić information content (AvgIpc) is 3.44. The van der Waals surface area contributed by atoms with Gasteiger partial charge in [-0.15, -0.1) is 0 Å². The Morgan fingerprint density at radius 3 is 2.93 bits per heavy atom. The van der Waals surface area contributed by atoms with Crippen molar-refractivity contribution in [3.8, 4) is 28.5 Å². The van der Waals surface area contributed by atoms with Gasteiger partial charge in [0, 0.05) is 31.0 Å². The molecule has 1 aliphatic rings. The van der Waals surface area contributed by atoms with Gasteiger partial charge in [-0.3, -0.25) is 14.9 Å². The summed E-state index contributed by atoms with van der Waals surface area (Å²) in [6.45, 7) is 0.989. The average molecular weight is 403 g/mol. The topological polar surface area (TPSA) is 123 Å². The van der Waals surface area contributed by atoms with Gasteiger partial charge in [0.25, 0.3) is 5.91 Å². The van der Waals surface area contributed by atoms with E-state index < -0.39 is 0 Å². The number of amides is 1. The van der Waals surface area contributed by atoms with E-state index in [2.05, 4.69) is 30.3 Å². The Morgan fingerprint density at radius 1 is 1.23 bits per heavy atom. The Kier molecular flexibility index (Phi) is 4.43. The van der Waals surface area contributed by atoms with Gasteiger partial charge in [-0.2, -0.15) is 10.1 Å². The minimum Gasteiger partial charge on any atom is -0.497 e. The number of nitrogens with zero attached hydrogens (tertiary/aromatic N) is 6. The summed E-state index contributed by atoms with van der Waals surface area (Å²) in [6.07, 6.45) is 4.72. The van der Waals surface area contributed by atoms with Gasteiger partial charge in [0.1, 0.15) is 17.1 Å². The first kappa shape index (κ1) is 18.0. The van der Waals surface area contributed by atoms with Crippen molar-refractivity contribution in [2.75, 3.05) is 20.2 Å². The fraction of sp³-hybridized carbons (Fsp3) is 0.200. The van der Waals surface area contributed by atoms with Crippen LogP contribution in [-0.2, 0) is 0 Å². The largest absolute Gasteiger partial charge is 0.497 e. The fourth-order valence-electron chi connectivity index (χ4n) is 3.25. The van der Waals surface area contributed by atoms with E-state index in [1.54, 1.807) is 36.7 Å². The first-order chi connectivity index (χ1) is 14.7. The molecule has 1 aliphatic heterocycles. The predicted octanol–water partition coefficient (Wildman–Crippen LogP) is 2.16. The molecule has 0 saturated carbocycles. The number of aromatic amines is 1. The van der Waals surface area contributed by atoms with Crippen LogP contribution in [0.25, 0.3) is 22.8 Å². The molecule has 0 radical (unpaired) electrons. The maximum atomic E-state index is 12.7. The summed E-state index contributed by atoms with van der Waals surface area (Å²) in [5.74, 6) is 1.48. The maximum absolute atomic E-state index is 12.7. The Morgan fingerprint density at radius 2 is 2.13 bits per heavy atom. The summed E-state index contributed by atoms with van der Waals surface area (Å²) in [6, 6.07) is 9.26. The molecule has 10 heteroatoms. The number of H-pyrrole nitrogens is 1. The normalized spacial score (nSPS) is 13.8. The molecule has 0 unspecified atom stereocenters. The molecule has 30 heavy (non-hydrogen) atoms. The van der Waals surface area contributed by atoms with Crippen molar-refractivity contribution in [3.05, 3.63) is 60.5 Å². The van der Waals surface area contributed by atoms with Crippen LogP contribution in [-0.4, -0.2) is 61.3 Å². The quantitative estimate of drug-likeness (QED) is 0.538. The molecule has 5 rings (SSSR count). The van der Waals surface area contributed by atoms with Crippen LogP contribution in [0.4, 0.5) is 0 Å². The Labute approximate surface area is 170 Å². The second kappa shape index (κ2) is 7.39. The lowest BCUT2D eigenvalue weighted by molar-refractivity contribution is 0.0563. The lowest BCUT2D eigenvalue weighted by atomic mass is 9.99. The van der Waals surface area contributed by atoms with Crippen LogP contribution in [0.15, 0.2) is 53.4 Å². The number of benzene rings is 1. The SMILES string of the molecule is COc1cccc(-c2cc(C(=O)N3CC(c4nc(-c5cnccn5)no4)C3)[nH]n2)c1. The highest BCUT2D eigenvalue weighted by atomic mass is 16.5. The first-order valence-corrected chi connectivity index (χ1v) is 9.30. The van der Waals surface area contributed by atoms with Gasteiger partial charge in [-0.1, -0.05) is 17.3 Å². The van der Waals surface area contributed by atoms with Crippen molar-refractivity contribution >= 4 is 5.91 Å². The number of aromatic nitrogens is 6. The highest BCUT2D eigenvalue weighted by Crippen LogP contribution is 2.29. The van der Waals surface area contributed by atoms with E-state index in [1.807, 2.05) is 24.3 Å². The number of hydrogen-bond acceptors (Lipinski definition) is 8. The Hall–Kier alpha value is -4.08. The Bertz CT molecular complexity index is 1180. The lowest BCUT2D eigenvalue weighted by Crippen LogP contribution is -2.48. The second-order valence-corrected chi connectivity index (χ2v) is 6.85. The zero-order chi connectivity index (χ0) is 20.5. The summed E-state index contributed by atoms with van der Waals surface area (Å²) in [5, 5.41) is 11.0. The van der Waals surface area contributed by atoms with E-state index in [0.717, 1.165) is 11.3 Å². The van der Waals surface area contributed by atoms with Crippen molar-refractivity contribution < 1.29 is 14.1 Å². The third-order valence-electron chi connectivity index (χ3n) is 4.93. The van der Waals surface area contributed by atoms with Crippen LogP contribution in [0.3, 0.4) is 0 Å². The van der Waals surface area contributed by atoms with Crippen LogP contribution in [0, 0.1) is 0 Å². The molecule has 3 aromatic heterocycles. The zero-order valence-electron chi connectivity index (χ0n) is 16.0. The summed E-state index contributed by atoms with van der Waals surface area (Å²) >= 11 is 0. The van der Waals surface area contributed by atoms with Crippen molar-refractivity contribution in [3.63, 3.8) is 0 Å². The minimum atomic E-state index is -0.124. The zero-order valence-corrected chi connectivity index (χ0v) is 16.0. The molecule has 4 heterocycles. The maximum Gasteiger partial charge on any atom is 0.271 e. The van der Waals surface area contributed by atoms with Gasteiger partial charge in [-0.25, -0.2) is 4.98 Å². The van der Waals surface area contributed by atoms with Crippen LogP contribution in [0.1, 0.15) is 22.3 Å². The smallest absolute Gasteiger partial charge is 0.271 e. The minimum absolute atomic E-state index is 0.00681. The molecule has 0 atom stereocenters. The van der Waals surface area contributed by atoms with Gasteiger partial charge < -0.3 is 14.2 Å². The highest BCUT2D eigenvalue weighted by Gasteiger charge is 2.36. The molecule has 1 saturated heterocycles. The van der Waals surface area contributed by atoms with Crippen LogP contribution < -0.4 is 4.74 Å². The van der Waals surface area contributed by atoms with E-state index in [1.165, 1.54) is 0 Å². The van der Waals surface area contributed by atoms with E-state index >= 15 is 0 Å². The predicted molar refractivity (Wildman–Crippen MR) is 105 cm³/mol. The number of hydrogen-bond donors (Lipinski definition) is 1. The molecule has 1 fully saturated rings. The highest BCUT2D eigenvalue weighted by molar-refractivity contribution is 5.94. The van der Waals surface area contributed by atoms with Gasteiger partial charge in [0.05, 0.1) is 24.9 Å². The molecular weight excluding hydrogens is 386 g/mol. The molecule has 0 bridgehead atoms. The number of likely N-dealkylation sites (tertiary alicyclic amines) is 1. The number of nitrogens with one attached hydrogen (secondary N) is 1. The van der Waals surface area contributed by atoms with Crippen molar-refractivity contribution in [2.24, 2.45) is 0 Å². The number of carbonyl (C=O) groups is 1. The molecule has 1 amide bonds. The standard InChI is InChI=1S/C20H17N7O3/c1-29-14-4-2-3-12(7-14)15-8-16(25-24-15)20(28)27-10-13(11-27)19-23-18(26-30-19)17-9-21-5-6-22-17/h2-9,13H,10-11H2,1H3,(H,24,25). The molecule has 1 N–H and O–H groups in total. The van der Waals surface area contributed by atoms with Gasteiger partial charge >= 0.3 is 0 Å². The summed E-state index contributed by atoms with van der Waals surface area (Å²) in [7, 11) is 1.61. The number of ether oxygens (including phenoxy) is 1. The summed E-state index contributed by atoms with van der Waals surface area (Å²) in [5.41, 5.74) is 2.52. The molecule has 0 spiro atoms. The van der Waals surface area contributed by atoms with Crippen molar-refractivity contribution in [2.45, 2.75) is 5.92 Å². The van der Waals surface area contributed by atoms with E-state index in [4.69, 9.17) is 9.26 Å². The third kappa shape index (κ3) is 3.28. The van der Waals surface area contributed by atoms with Gasteiger partial charge in [0.15, 0.2) is 0 Å². The molecule has 4 aromatic rings. The van der Waals surface area contributed by atoms with E-state index in [-0.39, 0.29) is 11.8 Å². The lowest BCUT2D eigenvalue weighted by Gasteiger charge is -2.36. The molecular formula is C20H17N7O3. The first-order valence-electron chi connectivity index (χ1n) is 9.30. The number of rotatable bonds is 5. The van der Waals surface area contributed by atoms with Gasteiger partial charge in [-0.05, 0) is 18.2 Å². The summed E-state index contributed by atoms with van der Waals surface area (Å²) in [4.78, 5) is 27.0. The van der Waals surface area contributed by atoms with E-state index in [0.29, 0.717) is 41.9 Å². The van der Waals surface area contributed by atoms with Crippen LogP contribution in [0.2, 0.25) is 0 Å². The van der Waals surface area contributed by atoms with Crippen molar-refractivity contribution in [1.29, 1.82) is 0 Å². The molecule has 0 aliphatic carbocycles. The number of methoxy groups -OCH3 is 1. The van der Waals surface area contributed by atoms with Crippen LogP contribution >= 0.6 is 0 Å². The molecule has 150 valence electrons.